The first-order chi connectivity index (χ1) is 6.89. The van der Waals surface area contributed by atoms with E-state index >= 15 is 0 Å². The molecule has 2 rings (SSSR count). The van der Waals surface area contributed by atoms with Crippen molar-refractivity contribution < 1.29 is 64.0 Å². The van der Waals surface area contributed by atoms with Crippen molar-refractivity contribution >= 4 is 0 Å². The van der Waals surface area contributed by atoms with E-state index in [1.807, 2.05) is 18.2 Å². The molecule has 0 fully saturated rings. The number of phenolic OH excluding ortho intramolecular Hbond substituents is 1. The quantitative estimate of drug-likeness (QED) is 0.369. The molecular formula is C13H16Cl3OTi-2. The molecule has 0 saturated carbocycles. The fourth-order valence-electron chi connectivity index (χ4n) is 0.768. The minimum absolute atomic E-state index is 0. The maximum atomic E-state index is 8.63. The number of aromatic hydroxyl groups is 1. The van der Waals surface area contributed by atoms with Crippen LogP contribution in [0, 0.1) is 13.0 Å². The van der Waals surface area contributed by atoms with Crippen LogP contribution in [0.1, 0.15) is 13.3 Å². The van der Waals surface area contributed by atoms with E-state index in [9.17, 15) is 0 Å². The Balaban J connectivity index is -0.0000000470. The molecule has 0 spiro atoms. The maximum absolute atomic E-state index is 8.63. The van der Waals surface area contributed by atoms with Gasteiger partial charge in [0.15, 0.2) is 0 Å². The molecule has 0 atom stereocenters. The van der Waals surface area contributed by atoms with Gasteiger partial charge in [-0.25, -0.2) is 12.2 Å². The van der Waals surface area contributed by atoms with Gasteiger partial charge in [0.2, 0.25) is 0 Å². The molecule has 0 bridgehead atoms. The van der Waals surface area contributed by atoms with Crippen molar-refractivity contribution in [3.05, 3.63) is 61.6 Å². The summed E-state index contributed by atoms with van der Waals surface area (Å²) in [6.45, 7) is 5.00. The van der Waals surface area contributed by atoms with Crippen LogP contribution in [0.5, 0.6) is 5.75 Å². The number of hydrogen-bond donors (Lipinski definition) is 1. The minimum atomic E-state index is 0. The molecule has 1 aromatic rings. The summed E-state index contributed by atoms with van der Waals surface area (Å²) in [4.78, 5) is 0. The van der Waals surface area contributed by atoms with E-state index < -0.39 is 0 Å². The van der Waals surface area contributed by atoms with E-state index in [1.54, 1.807) is 31.2 Å². The number of phenols is 1. The second-order valence-corrected chi connectivity index (χ2v) is 2.34. The van der Waals surface area contributed by atoms with Gasteiger partial charge in [0.1, 0.15) is 5.75 Å². The van der Waals surface area contributed by atoms with E-state index in [2.05, 4.69) is 19.1 Å². The van der Waals surface area contributed by atoms with Gasteiger partial charge in [-0.15, -0.1) is 6.42 Å². The van der Waals surface area contributed by atoms with Crippen LogP contribution in [0.2, 0.25) is 0 Å². The van der Waals surface area contributed by atoms with Crippen LogP contribution in [0.25, 0.3) is 0 Å². The Morgan fingerprint density at radius 3 is 1.72 bits per heavy atom. The number of benzene rings is 1. The second kappa shape index (κ2) is 25.8. The Morgan fingerprint density at radius 2 is 1.56 bits per heavy atom. The molecule has 0 saturated heterocycles. The molecule has 0 amide bonds. The van der Waals surface area contributed by atoms with Gasteiger partial charge in [-0.05, 0) is 12.1 Å². The van der Waals surface area contributed by atoms with Crippen molar-refractivity contribution in [2.45, 2.75) is 13.3 Å². The van der Waals surface area contributed by atoms with Crippen LogP contribution in [0.4, 0.5) is 0 Å². The van der Waals surface area contributed by atoms with E-state index in [-0.39, 0.29) is 58.9 Å². The van der Waals surface area contributed by atoms with Gasteiger partial charge in [-0.3, -0.25) is 6.08 Å². The summed E-state index contributed by atoms with van der Waals surface area (Å²) in [5, 5.41) is 8.63. The van der Waals surface area contributed by atoms with Gasteiger partial charge in [0.25, 0.3) is 0 Å². The summed E-state index contributed by atoms with van der Waals surface area (Å²) in [5.74, 6) is 0.322. The van der Waals surface area contributed by atoms with Crippen LogP contribution in [-0.4, -0.2) is 5.11 Å². The van der Waals surface area contributed by atoms with Crippen LogP contribution < -0.4 is 37.2 Å². The normalized spacial score (nSPS) is 8.56. The number of halogens is 3. The fraction of sp³-hybridized carbons (Fsp3) is 0.154. The molecule has 0 aromatic heterocycles. The average Bonchev–Trinajstić information content (AvgIpc) is 2.80. The number of hydrogen-bond acceptors (Lipinski definition) is 1. The van der Waals surface area contributed by atoms with Crippen LogP contribution >= 0.6 is 0 Å². The molecule has 0 unspecified atom stereocenters. The molecule has 5 heteroatoms. The van der Waals surface area contributed by atoms with Crippen LogP contribution in [0.3, 0.4) is 0 Å². The molecule has 1 aromatic carbocycles. The summed E-state index contributed by atoms with van der Waals surface area (Å²) in [7, 11) is 0. The summed E-state index contributed by atoms with van der Waals surface area (Å²) in [6.07, 6.45) is 10.0. The first-order valence-corrected chi connectivity index (χ1v) is 4.56. The van der Waals surface area contributed by atoms with Crippen molar-refractivity contribution in [1.82, 2.24) is 0 Å². The van der Waals surface area contributed by atoms with Gasteiger partial charge in [-0.1, -0.05) is 18.2 Å². The molecule has 0 heterocycles. The fourth-order valence-corrected chi connectivity index (χ4v) is 0.768. The summed E-state index contributed by atoms with van der Waals surface area (Å²) >= 11 is 0. The van der Waals surface area contributed by atoms with E-state index in [0.717, 1.165) is 6.42 Å². The number of para-hydroxylation sites is 1. The van der Waals surface area contributed by atoms with E-state index in [0.29, 0.717) is 5.75 Å². The maximum Gasteiger partial charge on any atom is 3.00 e. The Labute approximate surface area is 144 Å². The van der Waals surface area contributed by atoms with Gasteiger partial charge in [-0.2, -0.15) is 13.0 Å². The molecule has 0 aliphatic heterocycles. The Kier molecular flexibility index (Phi) is 44.2. The third-order valence-electron chi connectivity index (χ3n) is 1.34. The monoisotopic (exact) mass is 341 g/mol. The van der Waals surface area contributed by atoms with Crippen molar-refractivity contribution in [1.29, 1.82) is 0 Å². The van der Waals surface area contributed by atoms with Gasteiger partial charge < -0.3 is 49.3 Å². The van der Waals surface area contributed by atoms with E-state index in [4.69, 9.17) is 5.11 Å². The topological polar surface area (TPSA) is 20.2 Å². The van der Waals surface area contributed by atoms with Gasteiger partial charge in [0, 0.05) is 0 Å². The number of allylic oxidation sites excluding steroid dienone is 4. The van der Waals surface area contributed by atoms with Gasteiger partial charge >= 0.3 is 21.7 Å². The SMILES string of the molecule is Oc1ccccc1.[C-]1=CC=CC1.[CH2-]C.[Cl-].[Cl-].[Cl-].[Ti+3]. The third kappa shape index (κ3) is 21.4. The van der Waals surface area contributed by atoms with Crippen molar-refractivity contribution in [2.24, 2.45) is 0 Å². The summed E-state index contributed by atoms with van der Waals surface area (Å²) in [5.41, 5.74) is 0. The Morgan fingerprint density at radius 1 is 1.06 bits per heavy atom. The minimum Gasteiger partial charge on any atom is -1.00 e. The number of rotatable bonds is 0. The van der Waals surface area contributed by atoms with Gasteiger partial charge in [0.05, 0.1) is 0 Å². The molecule has 18 heavy (non-hydrogen) atoms. The van der Waals surface area contributed by atoms with Crippen molar-refractivity contribution in [3.63, 3.8) is 0 Å². The first kappa shape index (κ1) is 30.8. The molecular weight excluding hydrogens is 326 g/mol. The van der Waals surface area contributed by atoms with Crippen LogP contribution in [-0.2, 0) is 21.7 Å². The molecule has 1 nitrogen and oxygen atoms in total. The molecule has 1 N–H and O–H groups in total. The first-order valence-electron chi connectivity index (χ1n) is 4.56. The molecule has 1 radical (unpaired) electrons. The van der Waals surface area contributed by atoms with Crippen molar-refractivity contribution in [2.75, 3.05) is 0 Å². The van der Waals surface area contributed by atoms with Crippen molar-refractivity contribution in [3.8, 4) is 5.75 Å². The smallest absolute Gasteiger partial charge is 1.00 e. The zero-order valence-electron chi connectivity index (χ0n) is 10.1. The summed E-state index contributed by atoms with van der Waals surface area (Å²) in [6, 6.07) is 8.71. The Bertz CT molecular complexity index is 267. The zero-order chi connectivity index (χ0) is 10.6. The predicted octanol–water partition coefficient (Wildman–Crippen LogP) is -5.45. The summed E-state index contributed by atoms with van der Waals surface area (Å²) < 4.78 is 0. The largest absolute Gasteiger partial charge is 3.00 e. The standard InChI is InChI=1S/C6H6O.C5H5.C2H5.3ClH.Ti/c7-6-4-2-1-3-5-6;1-2-4-5-3-1;1-2;;;;/h1-5,7H;1-3H,4H2;1H2,2H3;3*1H;/q;2*-1;;;;+3/p-3. The molecule has 1 aliphatic carbocycles. The molecule has 1 aliphatic rings. The zero-order valence-corrected chi connectivity index (χ0v) is 13.9. The second-order valence-electron chi connectivity index (χ2n) is 2.34. The third-order valence-corrected chi connectivity index (χ3v) is 1.34. The average molecular weight is 342 g/mol. The predicted molar refractivity (Wildman–Crippen MR) is 60.7 cm³/mol. The van der Waals surface area contributed by atoms with Crippen LogP contribution in [0.15, 0.2) is 48.6 Å². The van der Waals surface area contributed by atoms with E-state index in [1.165, 1.54) is 0 Å². The Hall–Kier alpha value is 0.0843. The molecule has 101 valence electrons.